The number of aryl methyl sites for hydroxylation is 3. The molecule has 0 spiro atoms. The molecule has 1 aromatic carbocycles. The van der Waals surface area contributed by atoms with E-state index in [0.717, 1.165) is 23.7 Å². The van der Waals surface area contributed by atoms with Crippen molar-refractivity contribution in [3.05, 3.63) is 52.1 Å². The van der Waals surface area contributed by atoms with Crippen LogP contribution in [0.15, 0.2) is 36.5 Å². The Morgan fingerprint density at radius 3 is 2.81 bits per heavy atom. The van der Waals surface area contributed by atoms with Gasteiger partial charge in [-0.3, -0.25) is 0 Å². The minimum absolute atomic E-state index is 0.0339. The Labute approximate surface area is 158 Å². The molecule has 3 aromatic rings. The van der Waals surface area contributed by atoms with Crippen LogP contribution in [0.3, 0.4) is 0 Å². The molecule has 26 heavy (non-hydrogen) atoms. The van der Waals surface area contributed by atoms with E-state index in [-0.39, 0.29) is 12.1 Å². The van der Waals surface area contributed by atoms with E-state index >= 15 is 0 Å². The lowest BCUT2D eigenvalue weighted by Gasteiger charge is -2.24. The van der Waals surface area contributed by atoms with Gasteiger partial charge in [-0.15, -0.1) is 11.3 Å². The maximum absolute atomic E-state index is 12.4. The number of nitrogens with zero attached hydrogens (tertiary/aromatic N) is 3. The molecule has 5 nitrogen and oxygen atoms in total. The maximum atomic E-state index is 12.4. The van der Waals surface area contributed by atoms with Gasteiger partial charge in [0.25, 0.3) is 0 Å². The van der Waals surface area contributed by atoms with Crippen molar-refractivity contribution in [2.75, 3.05) is 13.6 Å². The topological polar surface area (TPSA) is 50.2 Å². The summed E-state index contributed by atoms with van der Waals surface area (Å²) in [5.74, 6) is 0. The van der Waals surface area contributed by atoms with Crippen molar-refractivity contribution in [1.29, 1.82) is 0 Å². The number of aromatic nitrogens is 2. The van der Waals surface area contributed by atoms with Gasteiger partial charge >= 0.3 is 6.03 Å². The first-order valence-electron chi connectivity index (χ1n) is 8.96. The van der Waals surface area contributed by atoms with E-state index in [1.54, 1.807) is 16.2 Å². The van der Waals surface area contributed by atoms with E-state index < -0.39 is 0 Å². The zero-order chi connectivity index (χ0) is 18.7. The number of urea groups is 1. The molecule has 3 rings (SSSR count). The van der Waals surface area contributed by atoms with Gasteiger partial charge in [0.15, 0.2) is 0 Å². The minimum atomic E-state index is -0.0556. The fourth-order valence-corrected chi connectivity index (χ4v) is 4.10. The van der Waals surface area contributed by atoms with Crippen molar-refractivity contribution in [1.82, 2.24) is 19.8 Å². The number of thiazole rings is 1. The monoisotopic (exact) mass is 370 g/mol. The Kier molecular flexibility index (Phi) is 5.61. The summed E-state index contributed by atoms with van der Waals surface area (Å²) in [6, 6.07) is 10.4. The first-order chi connectivity index (χ1) is 12.5. The normalized spacial score (nSPS) is 12.3. The van der Waals surface area contributed by atoms with Crippen LogP contribution in [0.1, 0.15) is 35.0 Å². The van der Waals surface area contributed by atoms with Gasteiger partial charge in [0.05, 0.1) is 16.7 Å². The molecule has 2 aromatic heterocycles. The molecular formula is C20H26N4OS. The average molecular weight is 371 g/mol. The standard InChI is InChI=1S/C20H26N4OS/c1-14(19-15(2)26-16(3)22-19)23(4)20(25)21-11-7-12-24-13-10-17-8-5-6-9-18(17)24/h5-6,8-10,13-14H,7,11-12H2,1-4H3,(H,21,25)/t14-/m1/s1. The molecule has 0 unspecified atom stereocenters. The number of nitrogens with one attached hydrogen (secondary N) is 1. The lowest BCUT2D eigenvalue weighted by Crippen LogP contribution is -2.39. The Balaban J connectivity index is 1.50. The van der Waals surface area contributed by atoms with Gasteiger partial charge in [-0.1, -0.05) is 18.2 Å². The minimum Gasteiger partial charge on any atom is -0.347 e. The second kappa shape index (κ2) is 7.91. The van der Waals surface area contributed by atoms with Crippen molar-refractivity contribution in [2.45, 2.75) is 39.8 Å². The molecule has 138 valence electrons. The van der Waals surface area contributed by atoms with Crippen LogP contribution in [-0.4, -0.2) is 34.1 Å². The van der Waals surface area contributed by atoms with Crippen molar-refractivity contribution >= 4 is 28.3 Å². The molecule has 0 fully saturated rings. The van der Waals surface area contributed by atoms with Crippen molar-refractivity contribution in [2.24, 2.45) is 0 Å². The highest BCUT2D eigenvalue weighted by atomic mass is 32.1. The fourth-order valence-electron chi connectivity index (χ4n) is 3.20. The zero-order valence-electron chi connectivity index (χ0n) is 15.8. The van der Waals surface area contributed by atoms with Crippen LogP contribution in [0, 0.1) is 13.8 Å². The van der Waals surface area contributed by atoms with Gasteiger partial charge in [0.1, 0.15) is 0 Å². The number of benzene rings is 1. The highest BCUT2D eigenvalue weighted by Gasteiger charge is 2.21. The average Bonchev–Trinajstić information content (AvgIpc) is 3.20. The summed E-state index contributed by atoms with van der Waals surface area (Å²) in [5, 5.41) is 5.31. The van der Waals surface area contributed by atoms with Crippen LogP contribution in [0.25, 0.3) is 10.9 Å². The van der Waals surface area contributed by atoms with Gasteiger partial charge < -0.3 is 14.8 Å². The van der Waals surface area contributed by atoms with E-state index in [1.165, 1.54) is 15.8 Å². The van der Waals surface area contributed by atoms with E-state index in [9.17, 15) is 4.79 Å². The number of carbonyl (C=O) groups is 1. The summed E-state index contributed by atoms with van der Waals surface area (Å²) in [6.07, 6.45) is 3.00. The largest absolute Gasteiger partial charge is 0.347 e. The Morgan fingerprint density at radius 2 is 2.08 bits per heavy atom. The lowest BCUT2D eigenvalue weighted by atomic mass is 10.2. The highest BCUT2D eigenvalue weighted by Crippen LogP contribution is 2.25. The highest BCUT2D eigenvalue weighted by molar-refractivity contribution is 7.11. The summed E-state index contributed by atoms with van der Waals surface area (Å²) in [5.41, 5.74) is 2.22. The third kappa shape index (κ3) is 3.90. The van der Waals surface area contributed by atoms with Crippen LogP contribution in [0.2, 0.25) is 0 Å². The SMILES string of the molecule is Cc1nc([C@@H](C)N(C)C(=O)NCCCn2ccc3ccccc32)c(C)s1. The zero-order valence-corrected chi connectivity index (χ0v) is 16.6. The molecule has 0 radical (unpaired) electrons. The Morgan fingerprint density at radius 1 is 1.31 bits per heavy atom. The van der Waals surface area contributed by atoms with Gasteiger partial charge in [-0.05, 0) is 44.7 Å². The molecule has 0 aliphatic heterocycles. The fraction of sp³-hybridized carbons (Fsp3) is 0.400. The van der Waals surface area contributed by atoms with Crippen LogP contribution < -0.4 is 5.32 Å². The third-order valence-electron chi connectivity index (χ3n) is 4.77. The van der Waals surface area contributed by atoms with Gasteiger partial charge in [0.2, 0.25) is 0 Å². The molecule has 6 heteroatoms. The summed E-state index contributed by atoms with van der Waals surface area (Å²) < 4.78 is 2.23. The second-order valence-electron chi connectivity index (χ2n) is 6.61. The van der Waals surface area contributed by atoms with Crippen molar-refractivity contribution in [3.8, 4) is 0 Å². The molecule has 0 saturated carbocycles. The molecule has 0 aliphatic rings. The van der Waals surface area contributed by atoms with Crippen molar-refractivity contribution < 1.29 is 4.79 Å². The molecule has 2 heterocycles. The summed E-state index contributed by atoms with van der Waals surface area (Å²) in [6.45, 7) is 7.62. The first kappa shape index (κ1) is 18.5. The Hall–Kier alpha value is -2.34. The Bertz CT molecular complexity index is 898. The van der Waals surface area contributed by atoms with E-state index in [4.69, 9.17) is 0 Å². The lowest BCUT2D eigenvalue weighted by molar-refractivity contribution is 0.193. The number of hydrogen-bond donors (Lipinski definition) is 1. The predicted molar refractivity (Wildman–Crippen MR) is 108 cm³/mol. The van der Waals surface area contributed by atoms with Gasteiger partial charge in [-0.2, -0.15) is 0 Å². The van der Waals surface area contributed by atoms with Crippen LogP contribution in [0.5, 0.6) is 0 Å². The number of fused-ring (bicyclic) bond motifs is 1. The first-order valence-corrected chi connectivity index (χ1v) is 9.77. The van der Waals surface area contributed by atoms with Gasteiger partial charge in [-0.25, -0.2) is 9.78 Å². The molecular weight excluding hydrogens is 344 g/mol. The number of carbonyl (C=O) groups excluding carboxylic acids is 1. The number of hydrogen-bond acceptors (Lipinski definition) is 3. The van der Waals surface area contributed by atoms with E-state index in [0.29, 0.717) is 6.54 Å². The molecule has 0 saturated heterocycles. The molecule has 2 amide bonds. The van der Waals surface area contributed by atoms with E-state index in [2.05, 4.69) is 58.3 Å². The predicted octanol–water partition coefficient (Wildman–Crippen LogP) is 4.51. The number of amides is 2. The maximum Gasteiger partial charge on any atom is 0.317 e. The van der Waals surface area contributed by atoms with E-state index in [1.807, 2.05) is 20.9 Å². The smallest absolute Gasteiger partial charge is 0.317 e. The second-order valence-corrected chi connectivity index (χ2v) is 8.02. The number of rotatable bonds is 6. The van der Waals surface area contributed by atoms with Gasteiger partial charge in [0, 0.05) is 36.7 Å². The van der Waals surface area contributed by atoms with Crippen LogP contribution >= 0.6 is 11.3 Å². The third-order valence-corrected chi connectivity index (χ3v) is 5.67. The molecule has 0 aliphatic carbocycles. The number of para-hydroxylation sites is 1. The molecule has 0 bridgehead atoms. The summed E-state index contributed by atoms with van der Waals surface area (Å²) in [7, 11) is 1.83. The van der Waals surface area contributed by atoms with Crippen molar-refractivity contribution in [3.63, 3.8) is 0 Å². The molecule has 1 N–H and O–H groups in total. The summed E-state index contributed by atoms with van der Waals surface area (Å²) >= 11 is 1.68. The van der Waals surface area contributed by atoms with Crippen LogP contribution in [0.4, 0.5) is 4.79 Å². The summed E-state index contributed by atoms with van der Waals surface area (Å²) in [4.78, 5) is 19.9. The van der Waals surface area contributed by atoms with Crippen LogP contribution in [-0.2, 0) is 6.54 Å². The molecule has 1 atom stereocenters. The quantitative estimate of drug-likeness (QED) is 0.649.